The number of nitrogens with one attached hydrogen (secondary N) is 1. The van der Waals surface area contributed by atoms with Gasteiger partial charge >= 0.3 is 0 Å². The van der Waals surface area contributed by atoms with Crippen LogP contribution in [0.4, 0.5) is 0 Å². The fraction of sp³-hybridized carbons (Fsp3) is 0.219. The number of carbonyl (C=O) groups excluding carboxylic acids is 2. The lowest BCUT2D eigenvalue weighted by Crippen LogP contribution is -2.53. The zero-order valence-corrected chi connectivity index (χ0v) is 24.8. The second kappa shape index (κ2) is 14.7. The summed E-state index contributed by atoms with van der Waals surface area (Å²) in [5.74, 6) is -0.849. The third-order valence-corrected chi connectivity index (χ3v) is 8.18. The van der Waals surface area contributed by atoms with E-state index in [0.717, 1.165) is 32.8 Å². The van der Waals surface area contributed by atoms with Crippen molar-refractivity contribution in [1.29, 1.82) is 0 Å². The number of rotatable bonds is 13. The van der Waals surface area contributed by atoms with Gasteiger partial charge in [0.15, 0.2) is 0 Å². The number of halogens is 1. The lowest BCUT2D eigenvalue weighted by Gasteiger charge is -2.33. The van der Waals surface area contributed by atoms with E-state index < -0.39 is 28.5 Å². The molecule has 4 aromatic rings. The molecule has 1 N–H and O–H groups in total. The van der Waals surface area contributed by atoms with Gasteiger partial charge < -0.3 is 10.2 Å². The zero-order chi connectivity index (χ0) is 30.0. The molecular weight excluding hydrogens is 572 g/mol. The van der Waals surface area contributed by atoms with E-state index in [0.29, 0.717) is 5.02 Å². The van der Waals surface area contributed by atoms with Crippen molar-refractivity contribution in [3.8, 4) is 0 Å². The highest BCUT2D eigenvalue weighted by Crippen LogP contribution is 2.18. The minimum absolute atomic E-state index is 0.0256. The first-order valence-corrected chi connectivity index (χ1v) is 15.6. The van der Waals surface area contributed by atoms with E-state index in [2.05, 4.69) is 10.3 Å². The highest BCUT2D eigenvalue weighted by atomic mass is 35.5. The van der Waals surface area contributed by atoms with E-state index in [-0.39, 0.29) is 32.0 Å². The third kappa shape index (κ3) is 9.24. The van der Waals surface area contributed by atoms with Crippen LogP contribution in [0.15, 0.2) is 109 Å². The monoisotopic (exact) mass is 604 g/mol. The maximum absolute atomic E-state index is 14.1. The molecule has 4 rings (SSSR count). The van der Waals surface area contributed by atoms with E-state index in [1.807, 2.05) is 48.5 Å². The molecule has 0 spiro atoms. The number of aromatic nitrogens is 1. The van der Waals surface area contributed by atoms with Crippen molar-refractivity contribution in [1.82, 2.24) is 19.5 Å². The van der Waals surface area contributed by atoms with Gasteiger partial charge in [0, 0.05) is 43.5 Å². The molecule has 0 radical (unpaired) electrons. The summed E-state index contributed by atoms with van der Waals surface area (Å²) in [5.41, 5.74) is 3.22. The smallest absolute Gasteiger partial charge is 0.243 e. The van der Waals surface area contributed by atoms with Crippen molar-refractivity contribution in [2.45, 2.75) is 32.1 Å². The van der Waals surface area contributed by atoms with Gasteiger partial charge in [-0.3, -0.25) is 14.6 Å². The molecule has 1 aromatic heterocycles. The first-order valence-electron chi connectivity index (χ1n) is 13.4. The van der Waals surface area contributed by atoms with Gasteiger partial charge in [0.25, 0.3) is 0 Å². The molecule has 0 aliphatic rings. The Kier molecular flexibility index (Phi) is 10.8. The number of hydrogen-bond acceptors (Lipinski definition) is 5. The average molecular weight is 605 g/mol. The summed E-state index contributed by atoms with van der Waals surface area (Å²) < 4.78 is 26.7. The molecule has 0 saturated heterocycles. The molecule has 8 nitrogen and oxygen atoms in total. The van der Waals surface area contributed by atoms with Gasteiger partial charge in [0.05, 0.1) is 12.8 Å². The predicted molar refractivity (Wildman–Crippen MR) is 164 cm³/mol. The van der Waals surface area contributed by atoms with Crippen molar-refractivity contribution in [3.05, 3.63) is 137 Å². The van der Waals surface area contributed by atoms with Crippen molar-refractivity contribution in [2.75, 3.05) is 12.8 Å². The molecular formula is C32H33ClN4O4S. The van der Waals surface area contributed by atoms with Crippen LogP contribution >= 0.6 is 11.6 Å². The average Bonchev–Trinajstić information content (AvgIpc) is 2.99. The van der Waals surface area contributed by atoms with Crippen LogP contribution in [0, 0.1) is 0 Å². The number of nitrogens with zero attached hydrogens (tertiary/aromatic N) is 3. The van der Waals surface area contributed by atoms with Crippen LogP contribution in [0.25, 0.3) is 0 Å². The molecule has 0 saturated carbocycles. The maximum atomic E-state index is 14.1. The van der Waals surface area contributed by atoms with Crippen LogP contribution in [-0.4, -0.2) is 53.3 Å². The molecule has 1 atom stereocenters. The van der Waals surface area contributed by atoms with Crippen molar-refractivity contribution in [3.63, 3.8) is 0 Å². The van der Waals surface area contributed by atoms with E-state index in [1.54, 1.807) is 60.9 Å². The van der Waals surface area contributed by atoms with Crippen LogP contribution < -0.4 is 5.32 Å². The molecule has 1 heterocycles. The Labute approximate surface area is 252 Å². The lowest BCUT2D eigenvalue weighted by molar-refractivity contribution is -0.141. The summed E-state index contributed by atoms with van der Waals surface area (Å²) in [6.07, 6.45) is 4.60. The zero-order valence-electron chi connectivity index (χ0n) is 23.3. The van der Waals surface area contributed by atoms with Crippen LogP contribution in [-0.2, 0) is 45.7 Å². The standard InChI is InChI=1S/C32H33ClN4O4S/c1-42(40,41)36(22-27-10-6-3-7-11-27)24-31(38)37(23-28-12-14-29(33)15-13-28)30(20-25-8-4-2-5-9-25)32(39)35-21-26-16-18-34-19-17-26/h2-19,30H,20-24H2,1H3,(H,35,39)/t30-/m1/s1. The van der Waals surface area contributed by atoms with Gasteiger partial charge in [-0.25, -0.2) is 8.42 Å². The molecule has 0 aliphatic heterocycles. The Morgan fingerprint density at radius 2 is 1.36 bits per heavy atom. The van der Waals surface area contributed by atoms with Gasteiger partial charge in [-0.2, -0.15) is 4.31 Å². The van der Waals surface area contributed by atoms with Gasteiger partial charge in [0.1, 0.15) is 6.04 Å². The lowest BCUT2D eigenvalue weighted by atomic mass is 10.0. The highest BCUT2D eigenvalue weighted by molar-refractivity contribution is 7.88. The number of sulfonamides is 1. The van der Waals surface area contributed by atoms with E-state index >= 15 is 0 Å². The van der Waals surface area contributed by atoms with Gasteiger partial charge in [-0.15, -0.1) is 0 Å². The predicted octanol–water partition coefficient (Wildman–Crippen LogP) is 4.45. The van der Waals surface area contributed by atoms with Gasteiger partial charge in [-0.05, 0) is 46.5 Å². The molecule has 42 heavy (non-hydrogen) atoms. The van der Waals surface area contributed by atoms with E-state index in [1.165, 1.54) is 4.90 Å². The summed E-state index contributed by atoms with van der Waals surface area (Å²) in [5, 5.41) is 3.50. The summed E-state index contributed by atoms with van der Waals surface area (Å²) in [4.78, 5) is 33.4. The summed E-state index contributed by atoms with van der Waals surface area (Å²) in [6, 6.07) is 28.2. The summed E-state index contributed by atoms with van der Waals surface area (Å²) >= 11 is 6.10. The molecule has 0 bridgehead atoms. The van der Waals surface area contributed by atoms with Crippen molar-refractivity contribution < 1.29 is 18.0 Å². The number of carbonyl (C=O) groups is 2. The fourth-order valence-electron chi connectivity index (χ4n) is 4.47. The molecule has 2 amide bonds. The largest absolute Gasteiger partial charge is 0.350 e. The summed E-state index contributed by atoms with van der Waals surface area (Å²) in [6.45, 7) is -0.0692. The maximum Gasteiger partial charge on any atom is 0.243 e. The van der Waals surface area contributed by atoms with Crippen LogP contribution in [0.5, 0.6) is 0 Å². The molecule has 0 aliphatic carbocycles. The SMILES string of the molecule is CS(=O)(=O)N(CC(=O)N(Cc1ccc(Cl)cc1)[C@H](Cc1ccccc1)C(=O)NCc1ccncc1)Cc1ccccc1. The molecule has 10 heteroatoms. The number of amides is 2. The number of pyridine rings is 1. The minimum atomic E-state index is -3.76. The molecule has 0 unspecified atom stereocenters. The second-order valence-corrected chi connectivity index (χ2v) is 12.4. The summed E-state index contributed by atoms with van der Waals surface area (Å²) in [7, 11) is -3.76. The number of benzene rings is 3. The molecule has 218 valence electrons. The fourth-order valence-corrected chi connectivity index (χ4v) is 5.32. The Bertz CT molecular complexity index is 1550. The quantitative estimate of drug-likeness (QED) is 0.243. The molecule has 0 fully saturated rings. The van der Waals surface area contributed by atoms with Crippen molar-refractivity contribution in [2.24, 2.45) is 0 Å². The Morgan fingerprint density at radius 3 is 1.95 bits per heavy atom. The van der Waals surface area contributed by atoms with Crippen LogP contribution in [0.3, 0.4) is 0 Å². The van der Waals surface area contributed by atoms with E-state index in [9.17, 15) is 18.0 Å². The Morgan fingerprint density at radius 1 is 0.786 bits per heavy atom. The molecule has 3 aromatic carbocycles. The normalized spacial score (nSPS) is 12.1. The van der Waals surface area contributed by atoms with E-state index in [4.69, 9.17) is 11.6 Å². The minimum Gasteiger partial charge on any atom is -0.350 e. The van der Waals surface area contributed by atoms with Crippen molar-refractivity contribution >= 4 is 33.4 Å². The second-order valence-electron chi connectivity index (χ2n) is 9.94. The van der Waals surface area contributed by atoms with Crippen LogP contribution in [0.2, 0.25) is 5.02 Å². The Balaban J connectivity index is 1.67. The van der Waals surface area contributed by atoms with Gasteiger partial charge in [-0.1, -0.05) is 84.4 Å². The first-order chi connectivity index (χ1) is 20.2. The number of hydrogen-bond donors (Lipinski definition) is 1. The first kappa shape index (κ1) is 30.9. The Hall–Kier alpha value is -4.05. The topological polar surface area (TPSA) is 99.7 Å². The third-order valence-electron chi connectivity index (χ3n) is 6.74. The van der Waals surface area contributed by atoms with Crippen LogP contribution in [0.1, 0.15) is 22.3 Å². The highest BCUT2D eigenvalue weighted by Gasteiger charge is 2.32. The van der Waals surface area contributed by atoms with Gasteiger partial charge in [0.2, 0.25) is 21.8 Å².